The lowest BCUT2D eigenvalue weighted by molar-refractivity contribution is -0.141. The second-order valence-corrected chi connectivity index (χ2v) is 8.13. The van der Waals surface area contributed by atoms with Gasteiger partial charge >= 0.3 is 5.97 Å². The number of pyridine rings is 1. The topological polar surface area (TPSA) is 79.7 Å². The predicted octanol–water partition coefficient (Wildman–Crippen LogP) is 5.08. The molecular weight excluding hydrogens is 428 g/mol. The van der Waals surface area contributed by atoms with Gasteiger partial charge in [-0.1, -0.05) is 35.9 Å². The number of benzene rings is 2. The van der Waals surface area contributed by atoms with Crippen molar-refractivity contribution in [3.8, 4) is 28.1 Å². The van der Waals surface area contributed by atoms with E-state index in [0.717, 1.165) is 27.9 Å². The molecule has 1 aliphatic heterocycles. The molecule has 1 fully saturated rings. The summed E-state index contributed by atoms with van der Waals surface area (Å²) in [4.78, 5) is 30.7. The number of ether oxygens (including phenoxy) is 1. The number of carboxylic acids is 1. The van der Waals surface area contributed by atoms with Gasteiger partial charge in [-0.2, -0.15) is 0 Å². The lowest BCUT2D eigenvalue weighted by Gasteiger charge is -2.22. The quantitative estimate of drug-likeness (QED) is 0.586. The maximum Gasteiger partial charge on any atom is 0.326 e. The van der Waals surface area contributed by atoms with E-state index in [9.17, 15) is 14.7 Å². The molecular formula is C25H23ClN2O4. The monoisotopic (exact) mass is 450 g/mol. The molecule has 1 atom stereocenters. The Balaban J connectivity index is 1.85. The Morgan fingerprint density at radius 2 is 1.81 bits per heavy atom. The van der Waals surface area contributed by atoms with E-state index < -0.39 is 12.0 Å². The number of hydrogen-bond donors (Lipinski definition) is 1. The number of nitrogens with zero attached hydrogens (tertiary/aromatic N) is 2. The summed E-state index contributed by atoms with van der Waals surface area (Å²) in [5, 5.41) is 10.0. The Morgan fingerprint density at radius 3 is 2.50 bits per heavy atom. The first kappa shape index (κ1) is 21.8. The van der Waals surface area contributed by atoms with Gasteiger partial charge in [0.2, 0.25) is 5.88 Å². The number of rotatable bonds is 5. The number of carbonyl (C=O) groups is 2. The first-order valence-corrected chi connectivity index (χ1v) is 10.7. The summed E-state index contributed by atoms with van der Waals surface area (Å²) in [6.45, 7) is 2.33. The zero-order valence-corrected chi connectivity index (χ0v) is 18.6. The van der Waals surface area contributed by atoms with E-state index in [2.05, 4.69) is 4.98 Å². The van der Waals surface area contributed by atoms with E-state index in [1.165, 1.54) is 4.90 Å². The second-order valence-electron chi connectivity index (χ2n) is 7.72. The Kier molecular flexibility index (Phi) is 6.15. The Morgan fingerprint density at radius 1 is 1.06 bits per heavy atom. The molecule has 2 heterocycles. The van der Waals surface area contributed by atoms with Crippen LogP contribution in [0.3, 0.4) is 0 Å². The third-order valence-electron chi connectivity index (χ3n) is 5.79. The van der Waals surface area contributed by atoms with Crippen molar-refractivity contribution in [2.45, 2.75) is 25.8 Å². The van der Waals surface area contributed by atoms with Crippen LogP contribution in [-0.2, 0) is 4.79 Å². The Bertz CT molecular complexity index is 1190. The molecule has 0 spiro atoms. The van der Waals surface area contributed by atoms with Crippen LogP contribution in [0, 0.1) is 6.92 Å². The van der Waals surface area contributed by atoms with Crippen molar-refractivity contribution >= 4 is 23.5 Å². The first-order chi connectivity index (χ1) is 15.4. The molecule has 3 aromatic rings. The zero-order chi connectivity index (χ0) is 22.8. The van der Waals surface area contributed by atoms with Crippen LogP contribution in [0.5, 0.6) is 5.88 Å². The molecule has 0 radical (unpaired) electrons. The summed E-state index contributed by atoms with van der Waals surface area (Å²) in [7, 11) is 1.57. The smallest absolute Gasteiger partial charge is 0.326 e. The number of aliphatic carboxylic acids is 1. The second kappa shape index (κ2) is 9.01. The highest BCUT2D eigenvalue weighted by Crippen LogP contribution is 2.38. The van der Waals surface area contributed by atoms with Gasteiger partial charge in [0.15, 0.2) is 0 Å². The van der Waals surface area contributed by atoms with Crippen LogP contribution < -0.4 is 4.74 Å². The number of amides is 1. The number of likely N-dealkylation sites (tertiary alicyclic amines) is 1. The molecule has 164 valence electrons. The highest BCUT2D eigenvalue weighted by molar-refractivity contribution is 6.33. The van der Waals surface area contributed by atoms with Crippen LogP contribution in [0.4, 0.5) is 0 Å². The summed E-state index contributed by atoms with van der Waals surface area (Å²) in [6, 6.07) is 15.8. The molecule has 1 saturated heterocycles. The maximum absolute atomic E-state index is 13.2. The molecule has 4 rings (SSSR count). The molecule has 1 N–H and O–H groups in total. The average Bonchev–Trinajstić information content (AvgIpc) is 3.29. The van der Waals surface area contributed by atoms with Crippen LogP contribution in [-0.4, -0.2) is 46.6 Å². The van der Waals surface area contributed by atoms with Gasteiger partial charge in [0.25, 0.3) is 5.91 Å². The summed E-state index contributed by atoms with van der Waals surface area (Å²) in [5.41, 5.74) is 4.54. The fourth-order valence-electron chi connectivity index (χ4n) is 4.18. The highest BCUT2D eigenvalue weighted by atomic mass is 35.5. The third kappa shape index (κ3) is 4.06. The number of methoxy groups -OCH3 is 1. The van der Waals surface area contributed by atoms with Gasteiger partial charge < -0.3 is 14.7 Å². The molecule has 1 amide bonds. The number of hydrogen-bond acceptors (Lipinski definition) is 4. The lowest BCUT2D eigenvalue weighted by Crippen LogP contribution is -2.40. The average molecular weight is 451 g/mol. The van der Waals surface area contributed by atoms with Crippen LogP contribution in [0.1, 0.15) is 28.9 Å². The van der Waals surface area contributed by atoms with Crippen molar-refractivity contribution in [1.29, 1.82) is 0 Å². The number of halogens is 1. The minimum Gasteiger partial charge on any atom is -0.481 e. The molecule has 2 aromatic carbocycles. The largest absolute Gasteiger partial charge is 0.481 e. The van der Waals surface area contributed by atoms with Crippen molar-refractivity contribution in [3.05, 3.63) is 70.9 Å². The van der Waals surface area contributed by atoms with Crippen molar-refractivity contribution < 1.29 is 19.4 Å². The summed E-state index contributed by atoms with van der Waals surface area (Å²) >= 11 is 6.52. The van der Waals surface area contributed by atoms with Gasteiger partial charge in [0.05, 0.1) is 7.11 Å². The molecule has 32 heavy (non-hydrogen) atoms. The van der Waals surface area contributed by atoms with Gasteiger partial charge in [0, 0.05) is 40.0 Å². The first-order valence-electron chi connectivity index (χ1n) is 10.4. The lowest BCUT2D eigenvalue weighted by atomic mass is 9.91. The van der Waals surface area contributed by atoms with E-state index in [1.54, 1.807) is 31.4 Å². The van der Waals surface area contributed by atoms with Gasteiger partial charge in [0.1, 0.15) is 6.04 Å². The Hall–Kier alpha value is -3.38. The zero-order valence-electron chi connectivity index (χ0n) is 17.8. The summed E-state index contributed by atoms with van der Waals surface area (Å²) in [5.74, 6) is -0.746. The van der Waals surface area contributed by atoms with Crippen LogP contribution in [0.2, 0.25) is 5.02 Å². The van der Waals surface area contributed by atoms with Gasteiger partial charge in [-0.05, 0) is 55.2 Å². The predicted molar refractivity (Wildman–Crippen MR) is 123 cm³/mol. The summed E-state index contributed by atoms with van der Waals surface area (Å²) < 4.78 is 5.23. The van der Waals surface area contributed by atoms with Crippen LogP contribution in [0.25, 0.3) is 22.3 Å². The van der Waals surface area contributed by atoms with Crippen molar-refractivity contribution in [3.63, 3.8) is 0 Å². The molecule has 0 aliphatic carbocycles. The van der Waals surface area contributed by atoms with E-state index in [0.29, 0.717) is 35.9 Å². The molecule has 0 saturated carbocycles. The van der Waals surface area contributed by atoms with Crippen molar-refractivity contribution in [2.24, 2.45) is 0 Å². The molecule has 1 aromatic heterocycles. The van der Waals surface area contributed by atoms with E-state index in [1.807, 2.05) is 37.3 Å². The molecule has 6 nitrogen and oxygen atoms in total. The van der Waals surface area contributed by atoms with Gasteiger partial charge in [-0.15, -0.1) is 0 Å². The maximum atomic E-state index is 13.2. The van der Waals surface area contributed by atoms with E-state index >= 15 is 0 Å². The Labute approximate surface area is 191 Å². The highest BCUT2D eigenvalue weighted by Gasteiger charge is 2.34. The number of aromatic nitrogens is 1. The molecule has 7 heteroatoms. The standard InChI is InChI=1S/C25H23ClN2O4/c1-15-17(11-12-23(27-15)32-2)18-10-9-16(14-20(18)19-6-3-4-7-21(19)26)24(29)28-13-5-8-22(28)25(30)31/h3-4,6-7,9-12,14,22H,5,8,13H2,1-2H3,(H,30,31). The van der Waals surface area contributed by atoms with E-state index in [4.69, 9.17) is 16.3 Å². The molecule has 1 unspecified atom stereocenters. The van der Waals surface area contributed by atoms with Crippen molar-refractivity contribution in [1.82, 2.24) is 9.88 Å². The summed E-state index contributed by atoms with van der Waals surface area (Å²) in [6.07, 6.45) is 1.14. The van der Waals surface area contributed by atoms with Crippen molar-refractivity contribution in [2.75, 3.05) is 13.7 Å². The number of aryl methyl sites for hydroxylation is 1. The SMILES string of the molecule is COc1ccc(-c2ccc(C(=O)N3CCCC3C(=O)O)cc2-c2ccccc2Cl)c(C)n1. The minimum absolute atomic E-state index is 0.292. The molecule has 0 bridgehead atoms. The third-order valence-corrected chi connectivity index (χ3v) is 6.12. The fourth-order valence-corrected chi connectivity index (χ4v) is 4.42. The molecule has 1 aliphatic rings. The van der Waals surface area contributed by atoms with Gasteiger partial charge in [-0.25, -0.2) is 9.78 Å². The van der Waals surface area contributed by atoms with E-state index in [-0.39, 0.29) is 5.91 Å². The van der Waals surface area contributed by atoms with Crippen LogP contribution in [0.15, 0.2) is 54.6 Å². The fraction of sp³-hybridized carbons (Fsp3) is 0.240. The number of carbonyl (C=O) groups excluding carboxylic acids is 1. The minimum atomic E-state index is -0.973. The van der Waals surface area contributed by atoms with Gasteiger partial charge in [-0.3, -0.25) is 4.79 Å². The number of carboxylic acid groups (broad SMARTS) is 1. The van der Waals surface area contributed by atoms with Crippen LogP contribution >= 0.6 is 11.6 Å². The normalized spacial score (nSPS) is 15.6.